The highest BCUT2D eigenvalue weighted by atomic mass is 35.5. The van der Waals surface area contributed by atoms with Crippen LogP contribution in [0.15, 0.2) is 60.8 Å². The van der Waals surface area contributed by atoms with E-state index in [2.05, 4.69) is 40.6 Å². The van der Waals surface area contributed by atoms with Gasteiger partial charge in [-0.15, -0.1) is 0 Å². The second-order valence-corrected chi connectivity index (χ2v) is 9.00. The van der Waals surface area contributed by atoms with Gasteiger partial charge < -0.3 is 10.3 Å². The summed E-state index contributed by atoms with van der Waals surface area (Å²) in [5.74, 6) is 1.27. The fourth-order valence-corrected chi connectivity index (χ4v) is 5.10. The third kappa shape index (κ3) is 4.52. The molecule has 0 amide bonds. The normalized spacial score (nSPS) is 18.4. The SMILES string of the molecule is O=S(CCC1CC(c2ccccc2)=CCN1)Cc1c[nH]c2ccc(Cl)cc12. The van der Waals surface area contributed by atoms with E-state index in [4.69, 9.17) is 11.6 Å². The lowest BCUT2D eigenvalue weighted by Gasteiger charge is -2.24. The molecule has 0 spiro atoms. The summed E-state index contributed by atoms with van der Waals surface area (Å²) >= 11 is 6.11. The lowest BCUT2D eigenvalue weighted by molar-refractivity contribution is 0.522. The molecule has 1 aromatic heterocycles. The zero-order valence-electron chi connectivity index (χ0n) is 15.1. The van der Waals surface area contributed by atoms with E-state index in [1.807, 2.05) is 30.5 Å². The lowest BCUT2D eigenvalue weighted by atomic mass is 9.94. The number of halogens is 1. The summed E-state index contributed by atoms with van der Waals surface area (Å²) in [6.07, 6.45) is 6.12. The molecule has 2 heterocycles. The van der Waals surface area contributed by atoms with Crippen molar-refractivity contribution >= 4 is 38.9 Å². The molecule has 0 fully saturated rings. The van der Waals surface area contributed by atoms with Crippen LogP contribution in [0.3, 0.4) is 0 Å². The molecule has 5 heteroatoms. The van der Waals surface area contributed by atoms with Crippen molar-refractivity contribution in [1.29, 1.82) is 0 Å². The number of benzene rings is 2. The van der Waals surface area contributed by atoms with E-state index in [9.17, 15) is 4.21 Å². The van der Waals surface area contributed by atoms with Gasteiger partial charge in [-0.1, -0.05) is 48.0 Å². The first-order valence-electron chi connectivity index (χ1n) is 9.27. The Morgan fingerprint density at radius 3 is 2.85 bits per heavy atom. The number of fused-ring (bicyclic) bond motifs is 1. The number of nitrogens with one attached hydrogen (secondary N) is 2. The lowest BCUT2D eigenvalue weighted by Crippen LogP contribution is -2.34. The molecule has 1 aliphatic heterocycles. The van der Waals surface area contributed by atoms with Crippen molar-refractivity contribution in [3.05, 3.63) is 77.0 Å². The summed E-state index contributed by atoms with van der Waals surface area (Å²) < 4.78 is 12.7. The maximum atomic E-state index is 12.7. The highest BCUT2D eigenvalue weighted by molar-refractivity contribution is 7.84. The summed E-state index contributed by atoms with van der Waals surface area (Å²) in [5.41, 5.74) is 4.79. The van der Waals surface area contributed by atoms with Crippen LogP contribution in [-0.2, 0) is 16.6 Å². The number of H-pyrrole nitrogens is 1. The standard InChI is InChI=1S/C22H23ClN2OS/c23-19-6-7-22-21(13-19)18(14-25-22)15-27(26)11-9-20-12-17(8-10-24-20)16-4-2-1-3-5-16/h1-8,13-14,20,24-25H,9-12,15H2. The maximum Gasteiger partial charge on any atom is 0.0506 e. The highest BCUT2D eigenvalue weighted by Gasteiger charge is 2.17. The monoisotopic (exact) mass is 398 g/mol. The van der Waals surface area contributed by atoms with Crippen molar-refractivity contribution in [1.82, 2.24) is 10.3 Å². The van der Waals surface area contributed by atoms with Gasteiger partial charge in [0, 0.05) is 51.3 Å². The van der Waals surface area contributed by atoms with Gasteiger partial charge in [-0.2, -0.15) is 0 Å². The topological polar surface area (TPSA) is 44.9 Å². The third-order valence-electron chi connectivity index (χ3n) is 5.11. The van der Waals surface area contributed by atoms with Crippen molar-refractivity contribution in [2.45, 2.75) is 24.6 Å². The van der Waals surface area contributed by atoms with Gasteiger partial charge in [-0.3, -0.25) is 4.21 Å². The molecule has 140 valence electrons. The summed E-state index contributed by atoms with van der Waals surface area (Å²) in [4.78, 5) is 3.24. The fraction of sp³-hybridized carbons (Fsp3) is 0.273. The molecule has 0 bridgehead atoms. The maximum absolute atomic E-state index is 12.7. The highest BCUT2D eigenvalue weighted by Crippen LogP contribution is 2.25. The van der Waals surface area contributed by atoms with E-state index in [0.29, 0.717) is 22.6 Å². The molecule has 4 rings (SSSR count). The molecule has 3 aromatic rings. The van der Waals surface area contributed by atoms with Gasteiger partial charge in [0.15, 0.2) is 0 Å². The first-order valence-corrected chi connectivity index (χ1v) is 11.1. The van der Waals surface area contributed by atoms with Crippen LogP contribution in [0.5, 0.6) is 0 Å². The quantitative estimate of drug-likeness (QED) is 0.619. The smallest absolute Gasteiger partial charge is 0.0506 e. The van der Waals surface area contributed by atoms with Crippen LogP contribution in [-0.4, -0.2) is 27.5 Å². The van der Waals surface area contributed by atoms with Crippen LogP contribution in [0.2, 0.25) is 5.02 Å². The van der Waals surface area contributed by atoms with Crippen molar-refractivity contribution in [3.8, 4) is 0 Å². The Labute approximate surface area is 167 Å². The first-order chi connectivity index (χ1) is 13.2. The molecule has 2 aromatic carbocycles. The van der Waals surface area contributed by atoms with Crippen LogP contribution in [0, 0.1) is 0 Å². The first kappa shape index (κ1) is 18.5. The van der Waals surface area contributed by atoms with Gasteiger partial charge in [0.05, 0.1) is 5.75 Å². The molecule has 27 heavy (non-hydrogen) atoms. The van der Waals surface area contributed by atoms with Crippen molar-refractivity contribution < 1.29 is 4.21 Å². The molecule has 0 saturated heterocycles. The zero-order chi connectivity index (χ0) is 18.6. The molecular weight excluding hydrogens is 376 g/mol. The predicted octanol–water partition coefficient (Wildman–Crippen LogP) is 4.91. The summed E-state index contributed by atoms with van der Waals surface area (Å²) in [6.45, 7) is 0.877. The minimum Gasteiger partial charge on any atom is -0.361 e. The Morgan fingerprint density at radius 2 is 2.00 bits per heavy atom. The molecule has 0 saturated carbocycles. The Morgan fingerprint density at radius 1 is 1.15 bits per heavy atom. The second-order valence-electron chi connectivity index (χ2n) is 6.99. The molecule has 3 nitrogen and oxygen atoms in total. The molecule has 2 N–H and O–H groups in total. The van der Waals surface area contributed by atoms with E-state index >= 15 is 0 Å². The van der Waals surface area contributed by atoms with Crippen molar-refractivity contribution in [3.63, 3.8) is 0 Å². The van der Waals surface area contributed by atoms with Gasteiger partial charge in [0.2, 0.25) is 0 Å². The van der Waals surface area contributed by atoms with Crippen LogP contribution in [0.1, 0.15) is 24.0 Å². The minimum absolute atomic E-state index is 0.381. The Balaban J connectivity index is 1.34. The molecular formula is C22H23ClN2OS. The van der Waals surface area contributed by atoms with E-state index in [1.165, 1.54) is 11.1 Å². The van der Waals surface area contributed by atoms with Crippen LogP contribution in [0.25, 0.3) is 16.5 Å². The molecule has 0 aliphatic carbocycles. The van der Waals surface area contributed by atoms with Crippen LogP contribution >= 0.6 is 11.6 Å². The van der Waals surface area contributed by atoms with E-state index in [0.717, 1.165) is 35.9 Å². The van der Waals surface area contributed by atoms with E-state index in [-0.39, 0.29) is 0 Å². The van der Waals surface area contributed by atoms with Crippen molar-refractivity contribution in [2.75, 3.05) is 12.3 Å². The van der Waals surface area contributed by atoms with E-state index < -0.39 is 10.8 Å². The number of hydrogen-bond donors (Lipinski definition) is 2. The molecule has 2 unspecified atom stereocenters. The summed E-state index contributed by atoms with van der Waals surface area (Å²) in [6, 6.07) is 16.7. The molecule has 0 radical (unpaired) electrons. The number of rotatable bonds is 6. The van der Waals surface area contributed by atoms with Crippen LogP contribution in [0.4, 0.5) is 0 Å². The van der Waals surface area contributed by atoms with Gasteiger partial charge in [0.1, 0.15) is 0 Å². The summed E-state index contributed by atoms with van der Waals surface area (Å²) in [7, 11) is -0.892. The van der Waals surface area contributed by atoms with Gasteiger partial charge in [-0.05, 0) is 47.7 Å². The zero-order valence-corrected chi connectivity index (χ0v) is 16.7. The predicted molar refractivity (Wildman–Crippen MR) is 115 cm³/mol. The Bertz CT molecular complexity index is 980. The van der Waals surface area contributed by atoms with Gasteiger partial charge >= 0.3 is 0 Å². The number of aromatic nitrogens is 1. The summed E-state index contributed by atoms with van der Waals surface area (Å²) in [5, 5.41) is 5.32. The van der Waals surface area contributed by atoms with Crippen LogP contribution < -0.4 is 5.32 Å². The minimum atomic E-state index is -0.892. The van der Waals surface area contributed by atoms with Gasteiger partial charge in [0.25, 0.3) is 0 Å². The average Bonchev–Trinajstić information content (AvgIpc) is 3.09. The largest absolute Gasteiger partial charge is 0.361 e. The molecule has 2 atom stereocenters. The fourth-order valence-electron chi connectivity index (χ4n) is 3.65. The Kier molecular flexibility index (Phi) is 5.77. The van der Waals surface area contributed by atoms with E-state index in [1.54, 1.807) is 0 Å². The van der Waals surface area contributed by atoms with Crippen molar-refractivity contribution in [2.24, 2.45) is 0 Å². The number of hydrogen-bond acceptors (Lipinski definition) is 2. The third-order valence-corrected chi connectivity index (χ3v) is 6.66. The Hall–Kier alpha value is -1.88. The second kappa shape index (κ2) is 8.42. The molecule has 1 aliphatic rings. The average molecular weight is 399 g/mol. The van der Waals surface area contributed by atoms with Gasteiger partial charge in [-0.25, -0.2) is 0 Å². The number of aromatic amines is 1.